The van der Waals surface area contributed by atoms with Gasteiger partial charge in [-0.3, -0.25) is 14.4 Å². The van der Waals surface area contributed by atoms with Crippen molar-refractivity contribution < 1.29 is 24.2 Å². The molecule has 0 aliphatic heterocycles. The van der Waals surface area contributed by atoms with E-state index in [1.165, 1.54) is 19.3 Å². The third-order valence-electron chi connectivity index (χ3n) is 6.33. The molecule has 0 aromatic rings. The lowest BCUT2D eigenvalue weighted by Gasteiger charge is -2.19. The number of hydrogen-bond donors (Lipinski definition) is 1. The van der Waals surface area contributed by atoms with Crippen LogP contribution in [0.15, 0.2) is 12.2 Å². The molecule has 0 bridgehead atoms. The number of aliphatic hydroxyl groups excluding tert-OH is 1. The van der Waals surface area contributed by atoms with E-state index < -0.39 is 6.10 Å². The van der Waals surface area contributed by atoms with Crippen LogP contribution < -0.4 is 0 Å². The van der Waals surface area contributed by atoms with Gasteiger partial charge in [-0.25, -0.2) is 0 Å². The Labute approximate surface area is 195 Å². The van der Waals surface area contributed by atoms with Gasteiger partial charge in [0, 0.05) is 31.6 Å². The molecule has 0 aromatic heterocycles. The Bertz CT molecular complexity index is 581. The SMILES string of the molecule is CCCCCCCC(=O)CC[C@H]1[C@H](O)CC(=O)[C@@H]1C/C=C\CCCCCC(=O)OC(C)C. The summed E-state index contributed by atoms with van der Waals surface area (Å²) in [4.78, 5) is 36.0. The van der Waals surface area contributed by atoms with E-state index in [0.717, 1.165) is 38.5 Å². The summed E-state index contributed by atoms with van der Waals surface area (Å²) in [5.74, 6) is 0.00451. The second kappa shape index (κ2) is 17.0. The van der Waals surface area contributed by atoms with Gasteiger partial charge in [-0.2, -0.15) is 0 Å². The quantitative estimate of drug-likeness (QED) is 0.155. The number of Topliss-reactive ketones (excluding diaryl/α,β-unsaturated/α-hetero) is 2. The van der Waals surface area contributed by atoms with Gasteiger partial charge in [-0.1, -0.05) is 51.2 Å². The molecule has 1 rings (SSSR count). The highest BCUT2D eigenvalue weighted by Crippen LogP contribution is 2.35. The zero-order valence-electron chi connectivity index (χ0n) is 20.7. The number of allylic oxidation sites excluding steroid dienone is 2. The molecule has 1 saturated carbocycles. The maximum Gasteiger partial charge on any atom is 0.306 e. The van der Waals surface area contributed by atoms with Crippen LogP contribution >= 0.6 is 0 Å². The van der Waals surface area contributed by atoms with Gasteiger partial charge < -0.3 is 9.84 Å². The van der Waals surface area contributed by atoms with E-state index in [4.69, 9.17) is 4.74 Å². The van der Waals surface area contributed by atoms with Crippen molar-refractivity contribution in [3.63, 3.8) is 0 Å². The molecule has 1 aliphatic rings. The summed E-state index contributed by atoms with van der Waals surface area (Å²) in [6, 6.07) is 0. The average molecular weight is 451 g/mol. The second-order valence-corrected chi connectivity index (χ2v) is 9.59. The lowest BCUT2D eigenvalue weighted by atomic mass is 9.86. The van der Waals surface area contributed by atoms with E-state index in [0.29, 0.717) is 32.1 Å². The normalized spacial score (nSPS) is 21.0. The molecule has 0 spiro atoms. The summed E-state index contributed by atoms with van der Waals surface area (Å²) in [5.41, 5.74) is 0. The van der Waals surface area contributed by atoms with E-state index in [1.807, 2.05) is 13.8 Å². The van der Waals surface area contributed by atoms with Crippen LogP contribution in [0.25, 0.3) is 0 Å². The molecule has 32 heavy (non-hydrogen) atoms. The molecule has 0 unspecified atom stereocenters. The number of aliphatic hydroxyl groups is 1. The first-order chi connectivity index (χ1) is 15.3. The average Bonchev–Trinajstić information content (AvgIpc) is 3.00. The second-order valence-electron chi connectivity index (χ2n) is 9.59. The fraction of sp³-hybridized carbons (Fsp3) is 0.815. The van der Waals surface area contributed by atoms with Gasteiger partial charge in [0.15, 0.2) is 0 Å². The predicted molar refractivity (Wildman–Crippen MR) is 128 cm³/mol. The fourth-order valence-corrected chi connectivity index (χ4v) is 4.48. The van der Waals surface area contributed by atoms with E-state index >= 15 is 0 Å². The maximum absolute atomic E-state index is 12.3. The molecular formula is C27H46O5. The summed E-state index contributed by atoms with van der Waals surface area (Å²) in [6.45, 7) is 5.89. The molecule has 0 radical (unpaired) electrons. The molecule has 3 atom stereocenters. The van der Waals surface area contributed by atoms with Gasteiger partial charge >= 0.3 is 5.97 Å². The van der Waals surface area contributed by atoms with Crippen molar-refractivity contribution in [1.29, 1.82) is 0 Å². The van der Waals surface area contributed by atoms with E-state index in [9.17, 15) is 19.5 Å². The molecule has 0 amide bonds. The highest BCUT2D eigenvalue weighted by atomic mass is 16.5. The lowest BCUT2D eigenvalue weighted by molar-refractivity contribution is -0.147. The van der Waals surface area contributed by atoms with Crippen LogP contribution in [-0.2, 0) is 19.1 Å². The molecule has 1 N–H and O–H groups in total. The van der Waals surface area contributed by atoms with Gasteiger partial charge in [0.05, 0.1) is 12.2 Å². The number of ketones is 2. The third-order valence-corrected chi connectivity index (χ3v) is 6.33. The number of rotatable bonds is 18. The Hall–Kier alpha value is -1.49. The molecular weight excluding hydrogens is 404 g/mol. The Morgan fingerprint density at radius 1 is 1.00 bits per heavy atom. The van der Waals surface area contributed by atoms with E-state index in [2.05, 4.69) is 19.1 Å². The van der Waals surface area contributed by atoms with Gasteiger partial charge in [-0.15, -0.1) is 0 Å². The molecule has 184 valence electrons. The first-order valence-corrected chi connectivity index (χ1v) is 12.9. The standard InChI is InChI=1S/C27H46O5/c1-4-5-6-9-12-15-22(28)18-19-24-23(25(29)20-26(24)30)16-13-10-7-8-11-14-17-27(31)32-21(2)3/h10,13,21,23-24,26,30H,4-9,11-12,14-20H2,1-3H3/b13-10-/t23-,24-,26-/m1/s1. The van der Waals surface area contributed by atoms with Gasteiger partial charge in [0.2, 0.25) is 0 Å². The van der Waals surface area contributed by atoms with Crippen molar-refractivity contribution in [2.24, 2.45) is 11.8 Å². The highest BCUT2D eigenvalue weighted by Gasteiger charge is 2.40. The first kappa shape index (κ1) is 28.5. The summed E-state index contributed by atoms with van der Waals surface area (Å²) in [6.07, 6.45) is 16.0. The van der Waals surface area contributed by atoms with Gasteiger partial charge in [0.1, 0.15) is 11.6 Å². The molecule has 5 nitrogen and oxygen atoms in total. The number of carbonyl (C=O) groups excluding carboxylic acids is 3. The lowest BCUT2D eigenvalue weighted by Crippen LogP contribution is -2.21. The Balaban J connectivity index is 2.24. The topological polar surface area (TPSA) is 80.7 Å². The summed E-state index contributed by atoms with van der Waals surface area (Å²) >= 11 is 0. The molecule has 5 heteroatoms. The monoisotopic (exact) mass is 450 g/mol. The minimum atomic E-state index is -0.608. The van der Waals surface area contributed by atoms with Crippen molar-refractivity contribution in [2.45, 2.75) is 129 Å². The number of unbranched alkanes of at least 4 members (excludes halogenated alkanes) is 7. The molecule has 1 aliphatic carbocycles. The van der Waals surface area contributed by atoms with Crippen molar-refractivity contribution >= 4 is 17.5 Å². The largest absolute Gasteiger partial charge is 0.463 e. The minimum Gasteiger partial charge on any atom is -0.463 e. The van der Waals surface area contributed by atoms with Gasteiger partial charge in [0.25, 0.3) is 0 Å². The highest BCUT2D eigenvalue weighted by molar-refractivity contribution is 5.84. The number of carbonyl (C=O) groups is 3. The summed E-state index contributed by atoms with van der Waals surface area (Å²) in [7, 11) is 0. The minimum absolute atomic E-state index is 0.0558. The molecule has 1 fully saturated rings. The summed E-state index contributed by atoms with van der Waals surface area (Å²) in [5, 5.41) is 10.3. The van der Waals surface area contributed by atoms with Crippen molar-refractivity contribution in [3.8, 4) is 0 Å². The molecule has 0 saturated heterocycles. The summed E-state index contributed by atoms with van der Waals surface area (Å²) < 4.78 is 5.12. The van der Waals surface area contributed by atoms with Crippen LogP contribution in [0.2, 0.25) is 0 Å². The van der Waals surface area contributed by atoms with Crippen LogP contribution in [0.3, 0.4) is 0 Å². The van der Waals surface area contributed by atoms with Crippen LogP contribution in [-0.4, -0.2) is 34.9 Å². The third kappa shape index (κ3) is 12.5. The van der Waals surface area contributed by atoms with E-state index in [-0.39, 0.29) is 41.9 Å². The predicted octanol–water partition coefficient (Wildman–Crippen LogP) is 6.11. The number of hydrogen-bond acceptors (Lipinski definition) is 5. The zero-order valence-corrected chi connectivity index (χ0v) is 20.7. The van der Waals surface area contributed by atoms with Crippen molar-refractivity contribution in [1.82, 2.24) is 0 Å². The van der Waals surface area contributed by atoms with E-state index in [1.54, 1.807) is 0 Å². The van der Waals surface area contributed by atoms with Crippen LogP contribution in [0, 0.1) is 11.8 Å². The Kier molecular flexibility index (Phi) is 15.2. The van der Waals surface area contributed by atoms with Crippen LogP contribution in [0.1, 0.15) is 117 Å². The first-order valence-electron chi connectivity index (χ1n) is 12.9. The fourth-order valence-electron chi connectivity index (χ4n) is 4.48. The van der Waals surface area contributed by atoms with Crippen LogP contribution in [0.5, 0.6) is 0 Å². The number of ether oxygens (including phenoxy) is 1. The van der Waals surface area contributed by atoms with Gasteiger partial charge in [-0.05, 0) is 58.3 Å². The molecule has 0 heterocycles. The Morgan fingerprint density at radius 3 is 2.41 bits per heavy atom. The zero-order chi connectivity index (χ0) is 23.8. The van der Waals surface area contributed by atoms with Crippen LogP contribution in [0.4, 0.5) is 0 Å². The van der Waals surface area contributed by atoms with Crippen molar-refractivity contribution in [3.05, 3.63) is 12.2 Å². The van der Waals surface area contributed by atoms with Crippen molar-refractivity contribution in [2.75, 3.05) is 0 Å². The molecule has 0 aromatic carbocycles. The Morgan fingerprint density at radius 2 is 1.69 bits per heavy atom. The smallest absolute Gasteiger partial charge is 0.306 e. The maximum atomic E-state index is 12.3. The number of esters is 1.